The van der Waals surface area contributed by atoms with Crippen LogP contribution in [0.3, 0.4) is 0 Å². The first-order valence-electron chi connectivity index (χ1n) is 5.50. The number of hydrogen-bond acceptors (Lipinski definition) is 3. The molecule has 0 saturated heterocycles. The third-order valence-electron chi connectivity index (χ3n) is 2.55. The van der Waals surface area contributed by atoms with Crippen LogP contribution in [-0.2, 0) is 5.75 Å². The standard InChI is InChI=1S/C13H12BClO2S/c15-12-7-3-4-8-13(12)18-9-10-5-1-2-6-11(10)14(16)17/h1-8,16-17H,9H2. The first-order valence-corrected chi connectivity index (χ1v) is 6.86. The molecule has 2 aromatic rings. The number of rotatable bonds is 4. The van der Waals surface area contributed by atoms with E-state index in [2.05, 4.69) is 0 Å². The van der Waals surface area contributed by atoms with Gasteiger partial charge in [0.2, 0.25) is 0 Å². The van der Waals surface area contributed by atoms with E-state index in [0.29, 0.717) is 16.2 Å². The SMILES string of the molecule is OB(O)c1ccccc1CSc1ccccc1Cl. The highest BCUT2D eigenvalue weighted by Crippen LogP contribution is 2.28. The summed E-state index contributed by atoms with van der Waals surface area (Å²) in [5, 5.41) is 19.3. The Labute approximate surface area is 116 Å². The molecule has 0 aliphatic rings. The molecule has 0 spiro atoms. The quantitative estimate of drug-likeness (QED) is 0.666. The van der Waals surface area contributed by atoms with E-state index < -0.39 is 7.12 Å². The minimum atomic E-state index is -1.44. The Balaban J connectivity index is 2.14. The van der Waals surface area contributed by atoms with Gasteiger partial charge in [0.05, 0.1) is 5.02 Å². The average Bonchev–Trinajstić information content (AvgIpc) is 2.38. The lowest BCUT2D eigenvalue weighted by molar-refractivity contribution is 0.425. The van der Waals surface area contributed by atoms with Crippen molar-refractivity contribution in [1.82, 2.24) is 0 Å². The third kappa shape index (κ3) is 3.30. The summed E-state index contributed by atoms with van der Waals surface area (Å²) in [5.74, 6) is 0.650. The molecular weight excluding hydrogens is 266 g/mol. The number of hydrogen-bond donors (Lipinski definition) is 2. The molecule has 0 aliphatic heterocycles. The van der Waals surface area contributed by atoms with Crippen molar-refractivity contribution in [3.05, 3.63) is 59.1 Å². The molecule has 0 unspecified atom stereocenters. The average molecular weight is 279 g/mol. The molecule has 0 saturated carbocycles. The highest BCUT2D eigenvalue weighted by molar-refractivity contribution is 7.98. The zero-order valence-corrected chi connectivity index (χ0v) is 11.2. The van der Waals surface area contributed by atoms with Crippen LogP contribution in [0.15, 0.2) is 53.4 Å². The molecule has 0 heterocycles. The molecule has 0 radical (unpaired) electrons. The summed E-state index contributed by atoms with van der Waals surface area (Å²) in [6.07, 6.45) is 0. The number of thioether (sulfide) groups is 1. The number of halogens is 1. The molecular formula is C13H12BClO2S. The van der Waals surface area contributed by atoms with Crippen LogP contribution < -0.4 is 5.46 Å². The van der Waals surface area contributed by atoms with Gasteiger partial charge in [-0.05, 0) is 23.2 Å². The van der Waals surface area contributed by atoms with Crippen molar-refractivity contribution >= 4 is 35.9 Å². The summed E-state index contributed by atoms with van der Waals surface area (Å²) in [4.78, 5) is 0.987. The lowest BCUT2D eigenvalue weighted by Crippen LogP contribution is -2.32. The van der Waals surface area contributed by atoms with Gasteiger partial charge in [-0.3, -0.25) is 0 Å². The van der Waals surface area contributed by atoms with Crippen LogP contribution in [-0.4, -0.2) is 17.2 Å². The van der Waals surface area contributed by atoms with Crippen LogP contribution in [0.1, 0.15) is 5.56 Å². The molecule has 0 atom stereocenters. The highest BCUT2D eigenvalue weighted by atomic mass is 35.5. The van der Waals surface area contributed by atoms with Crippen molar-refractivity contribution < 1.29 is 10.0 Å². The summed E-state index contributed by atoms with van der Waals surface area (Å²) < 4.78 is 0. The molecule has 0 bridgehead atoms. The fourth-order valence-corrected chi connectivity index (χ4v) is 2.89. The predicted molar refractivity (Wildman–Crippen MR) is 77.3 cm³/mol. The first-order chi connectivity index (χ1) is 8.68. The maximum absolute atomic E-state index is 9.28. The van der Waals surface area contributed by atoms with E-state index in [1.165, 1.54) is 0 Å². The van der Waals surface area contributed by atoms with Crippen molar-refractivity contribution in [2.24, 2.45) is 0 Å². The largest absolute Gasteiger partial charge is 0.488 e. The minimum absolute atomic E-state index is 0.539. The zero-order chi connectivity index (χ0) is 13.0. The monoisotopic (exact) mass is 278 g/mol. The van der Waals surface area contributed by atoms with E-state index in [1.54, 1.807) is 23.9 Å². The molecule has 5 heteroatoms. The van der Waals surface area contributed by atoms with Crippen LogP contribution in [0, 0.1) is 0 Å². The van der Waals surface area contributed by atoms with E-state index in [4.69, 9.17) is 11.6 Å². The van der Waals surface area contributed by atoms with Gasteiger partial charge in [-0.15, -0.1) is 11.8 Å². The number of benzene rings is 2. The van der Waals surface area contributed by atoms with Gasteiger partial charge in [0.15, 0.2) is 0 Å². The molecule has 0 aromatic heterocycles. The maximum atomic E-state index is 9.28. The topological polar surface area (TPSA) is 40.5 Å². The minimum Gasteiger partial charge on any atom is -0.423 e. The molecule has 2 N–H and O–H groups in total. The van der Waals surface area contributed by atoms with Crippen LogP contribution in [0.2, 0.25) is 5.02 Å². The van der Waals surface area contributed by atoms with Gasteiger partial charge in [-0.25, -0.2) is 0 Å². The maximum Gasteiger partial charge on any atom is 0.488 e. The van der Waals surface area contributed by atoms with Crippen LogP contribution in [0.25, 0.3) is 0 Å². The van der Waals surface area contributed by atoms with Gasteiger partial charge in [-0.2, -0.15) is 0 Å². The third-order valence-corrected chi connectivity index (χ3v) is 4.12. The Hall–Kier alpha value is -0.935. The van der Waals surface area contributed by atoms with E-state index in [0.717, 1.165) is 10.5 Å². The van der Waals surface area contributed by atoms with Gasteiger partial charge in [-0.1, -0.05) is 48.0 Å². The summed E-state index contributed by atoms with van der Waals surface area (Å²) in [6.45, 7) is 0. The normalized spacial score (nSPS) is 10.4. The first kappa shape index (κ1) is 13.5. The Morgan fingerprint density at radius 3 is 2.39 bits per heavy atom. The molecule has 0 fully saturated rings. The van der Waals surface area contributed by atoms with Gasteiger partial charge >= 0.3 is 7.12 Å². The van der Waals surface area contributed by atoms with Crippen LogP contribution in [0.4, 0.5) is 0 Å². The molecule has 18 heavy (non-hydrogen) atoms. The van der Waals surface area contributed by atoms with Gasteiger partial charge in [0.1, 0.15) is 0 Å². The second-order valence-corrected chi connectivity index (χ2v) is 5.22. The van der Waals surface area contributed by atoms with Gasteiger partial charge < -0.3 is 10.0 Å². The lowest BCUT2D eigenvalue weighted by Gasteiger charge is -2.09. The summed E-state index contributed by atoms with van der Waals surface area (Å²) in [6, 6.07) is 14.9. The second kappa shape index (κ2) is 6.30. The Kier molecular flexibility index (Phi) is 4.72. The van der Waals surface area contributed by atoms with Crippen molar-refractivity contribution in [2.75, 3.05) is 0 Å². The fourth-order valence-electron chi connectivity index (χ4n) is 1.63. The second-order valence-electron chi connectivity index (χ2n) is 3.79. The zero-order valence-electron chi connectivity index (χ0n) is 9.58. The lowest BCUT2D eigenvalue weighted by atomic mass is 9.77. The molecule has 92 valence electrons. The Bertz CT molecular complexity index is 534. The summed E-state index contributed by atoms with van der Waals surface area (Å²) >= 11 is 7.65. The van der Waals surface area contributed by atoms with E-state index in [9.17, 15) is 10.0 Å². The summed E-state index contributed by atoms with van der Waals surface area (Å²) in [5.41, 5.74) is 1.44. The van der Waals surface area contributed by atoms with E-state index in [1.807, 2.05) is 36.4 Å². The van der Waals surface area contributed by atoms with Gasteiger partial charge in [0.25, 0.3) is 0 Å². The molecule has 0 aliphatic carbocycles. The molecule has 2 nitrogen and oxygen atoms in total. The Morgan fingerprint density at radius 1 is 1.00 bits per heavy atom. The van der Waals surface area contributed by atoms with Crippen molar-refractivity contribution in [1.29, 1.82) is 0 Å². The smallest absolute Gasteiger partial charge is 0.423 e. The summed E-state index contributed by atoms with van der Waals surface area (Å²) in [7, 11) is -1.44. The molecule has 0 amide bonds. The molecule has 2 aromatic carbocycles. The van der Waals surface area contributed by atoms with Gasteiger partial charge in [0, 0.05) is 10.6 Å². The van der Waals surface area contributed by atoms with Crippen LogP contribution >= 0.6 is 23.4 Å². The van der Waals surface area contributed by atoms with E-state index in [-0.39, 0.29) is 0 Å². The van der Waals surface area contributed by atoms with Crippen molar-refractivity contribution in [3.63, 3.8) is 0 Å². The Morgan fingerprint density at radius 2 is 1.67 bits per heavy atom. The fraction of sp³-hybridized carbons (Fsp3) is 0.0769. The molecule has 2 rings (SSSR count). The van der Waals surface area contributed by atoms with Crippen molar-refractivity contribution in [3.8, 4) is 0 Å². The van der Waals surface area contributed by atoms with Crippen LogP contribution in [0.5, 0.6) is 0 Å². The van der Waals surface area contributed by atoms with Crippen molar-refractivity contribution in [2.45, 2.75) is 10.6 Å². The van der Waals surface area contributed by atoms with E-state index >= 15 is 0 Å². The highest BCUT2D eigenvalue weighted by Gasteiger charge is 2.15. The predicted octanol–water partition coefficient (Wildman–Crippen LogP) is 2.31.